The minimum atomic E-state index is -0.582. The Hall–Kier alpha value is -3.15. The molecule has 0 aliphatic rings. The molecular formula is C20H20N2O4. The molecule has 3 rings (SSSR count). The van der Waals surface area contributed by atoms with E-state index in [-0.39, 0.29) is 23.9 Å². The number of ether oxygens (including phenoxy) is 2. The van der Waals surface area contributed by atoms with Gasteiger partial charge in [0.15, 0.2) is 5.69 Å². The summed E-state index contributed by atoms with van der Waals surface area (Å²) < 4.78 is 12.0. The maximum atomic E-state index is 12.7. The number of para-hydroxylation sites is 1. The van der Waals surface area contributed by atoms with Crippen LogP contribution in [0.1, 0.15) is 35.9 Å². The van der Waals surface area contributed by atoms with Gasteiger partial charge in [-0.2, -0.15) is 5.10 Å². The number of esters is 1. The molecular weight excluding hydrogens is 332 g/mol. The highest BCUT2D eigenvalue weighted by Gasteiger charge is 2.19. The van der Waals surface area contributed by atoms with Gasteiger partial charge in [0.25, 0.3) is 5.56 Å². The molecule has 0 saturated heterocycles. The number of rotatable bonds is 5. The lowest BCUT2D eigenvalue weighted by molar-refractivity contribution is 0.0462. The molecule has 6 heteroatoms. The van der Waals surface area contributed by atoms with Crippen LogP contribution in [-0.2, 0) is 11.3 Å². The minimum absolute atomic E-state index is 0.0552. The van der Waals surface area contributed by atoms with Gasteiger partial charge in [0.2, 0.25) is 0 Å². The fourth-order valence-corrected chi connectivity index (χ4v) is 2.74. The summed E-state index contributed by atoms with van der Waals surface area (Å²) in [4.78, 5) is 25.2. The molecule has 1 aromatic heterocycles. The van der Waals surface area contributed by atoms with Crippen molar-refractivity contribution in [3.63, 3.8) is 0 Å². The molecule has 26 heavy (non-hydrogen) atoms. The lowest BCUT2D eigenvalue weighted by Crippen LogP contribution is -2.27. The van der Waals surface area contributed by atoms with Gasteiger partial charge in [-0.15, -0.1) is 0 Å². The van der Waals surface area contributed by atoms with Crippen LogP contribution in [0.15, 0.2) is 53.3 Å². The van der Waals surface area contributed by atoms with Gasteiger partial charge >= 0.3 is 5.97 Å². The monoisotopic (exact) mass is 352 g/mol. The van der Waals surface area contributed by atoms with Gasteiger partial charge in [-0.3, -0.25) is 4.79 Å². The maximum Gasteiger partial charge on any atom is 0.359 e. The molecule has 0 saturated carbocycles. The van der Waals surface area contributed by atoms with Crippen molar-refractivity contribution in [3.05, 3.63) is 70.1 Å². The molecule has 0 aliphatic carbocycles. The zero-order chi connectivity index (χ0) is 18.7. The quantitative estimate of drug-likeness (QED) is 0.659. The zero-order valence-corrected chi connectivity index (χ0v) is 14.9. The van der Waals surface area contributed by atoms with Crippen LogP contribution in [0.4, 0.5) is 0 Å². The number of aromatic nitrogens is 2. The highest BCUT2D eigenvalue weighted by Crippen LogP contribution is 2.20. The van der Waals surface area contributed by atoms with E-state index < -0.39 is 5.97 Å². The first-order valence-electron chi connectivity index (χ1n) is 8.33. The third kappa shape index (κ3) is 3.31. The van der Waals surface area contributed by atoms with E-state index in [2.05, 4.69) is 5.10 Å². The number of hydrogen-bond donors (Lipinski definition) is 0. The second-order valence-corrected chi connectivity index (χ2v) is 6.13. The molecule has 0 amide bonds. The van der Waals surface area contributed by atoms with E-state index in [1.165, 1.54) is 4.68 Å². The van der Waals surface area contributed by atoms with Crippen LogP contribution in [0, 0.1) is 0 Å². The lowest BCUT2D eigenvalue weighted by Gasteiger charge is -2.13. The van der Waals surface area contributed by atoms with E-state index in [1.54, 1.807) is 37.4 Å². The summed E-state index contributed by atoms with van der Waals surface area (Å²) in [5.74, 6) is 0.0618. The SMILES string of the molecule is COc1ccccc1COC(=O)c1nn(C(C)C)c(=O)c2ccccc12. The molecule has 0 unspecified atom stereocenters. The summed E-state index contributed by atoms with van der Waals surface area (Å²) in [6.07, 6.45) is 0. The van der Waals surface area contributed by atoms with Crippen LogP contribution >= 0.6 is 0 Å². The maximum absolute atomic E-state index is 12.7. The van der Waals surface area contributed by atoms with Crippen molar-refractivity contribution in [2.24, 2.45) is 0 Å². The number of benzene rings is 2. The molecule has 3 aromatic rings. The van der Waals surface area contributed by atoms with Gasteiger partial charge in [-0.05, 0) is 26.0 Å². The standard InChI is InChI=1S/C20H20N2O4/c1-13(2)22-19(23)16-10-6-5-9-15(16)18(21-22)20(24)26-12-14-8-4-7-11-17(14)25-3/h4-11,13H,12H2,1-3H3. The molecule has 134 valence electrons. The van der Waals surface area contributed by atoms with Crippen LogP contribution in [-0.4, -0.2) is 22.9 Å². The normalized spacial score (nSPS) is 10.9. The number of carbonyl (C=O) groups is 1. The third-order valence-electron chi connectivity index (χ3n) is 4.06. The Labute approximate surface area is 151 Å². The number of fused-ring (bicyclic) bond motifs is 1. The average Bonchev–Trinajstić information content (AvgIpc) is 2.66. The van der Waals surface area contributed by atoms with Crippen LogP contribution in [0.2, 0.25) is 0 Å². The number of methoxy groups -OCH3 is 1. The first-order valence-corrected chi connectivity index (χ1v) is 8.33. The van der Waals surface area contributed by atoms with Crippen molar-refractivity contribution in [2.75, 3.05) is 7.11 Å². The average molecular weight is 352 g/mol. The Morgan fingerprint density at radius 2 is 1.73 bits per heavy atom. The van der Waals surface area contributed by atoms with Crippen LogP contribution in [0.25, 0.3) is 10.8 Å². The largest absolute Gasteiger partial charge is 0.496 e. The van der Waals surface area contributed by atoms with Crippen molar-refractivity contribution >= 4 is 16.7 Å². The minimum Gasteiger partial charge on any atom is -0.496 e. The Bertz CT molecular complexity index is 1010. The first-order chi connectivity index (χ1) is 12.5. The molecule has 6 nitrogen and oxygen atoms in total. The van der Waals surface area contributed by atoms with Gasteiger partial charge in [-0.25, -0.2) is 9.48 Å². The third-order valence-corrected chi connectivity index (χ3v) is 4.06. The first kappa shape index (κ1) is 17.7. The topological polar surface area (TPSA) is 70.4 Å². The number of carbonyl (C=O) groups excluding carboxylic acids is 1. The molecule has 0 atom stereocenters. The van der Waals surface area contributed by atoms with E-state index in [4.69, 9.17) is 9.47 Å². The Balaban J connectivity index is 1.98. The van der Waals surface area contributed by atoms with Crippen LogP contribution in [0.3, 0.4) is 0 Å². The van der Waals surface area contributed by atoms with Crippen molar-refractivity contribution in [1.82, 2.24) is 9.78 Å². The highest BCUT2D eigenvalue weighted by atomic mass is 16.5. The summed E-state index contributed by atoms with van der Waals surface area (Å²) >= 11 is 0. The molecule has 0 N–H and O–H groups in total. The van der Waals surface area contributed by atoms with Gasteiger partial charge in [0.05, 0.1) is 18.5 Å². The van der Waals surface area contributed by atoms with Gasteiger partial charge in [0.1, 0.15) is 12.4 Å². The Morgan fingerprint density at radius 3 is 2.42 bits per heavy atom. The summed E-state index contributed by atoms with van der Waals surface area (Å²) in [7, 11) is 1.56. The van der Waals surface area contributed by atoms with E-state index in [0.717, 1.165) is 5.56 Å². The molecule has 0 aliphatic heterocycles. The predicted octanol–water partition coefficient (Wildman–Crippen LogP) is 3.34. The number of nitrogens with zero attached hydrogens (tertiary/aromatic N) is 2. The molecule has 0 spiro atoms. The van der Waals surface area contributed by atoms with Crippen molar-refractivity contribution < 1.29 is 14.3 Å². The summed E-state index contributed by atoms with van der Waals surface area (Å²) in [5, 5.41) is 5.18. The Kier molecular flexibility index (Phi) is 5.02. The fraction of sp³-hybridized carbons (Fsp3) is 0.250. The second kappa shape index (κ2) is 7.39. The molecule has 0 fully saturated rings. The fourth-order valence-electron chi connectivity index (χ4n) is 2.74. The van der Waals surface area contributed by atoms with Gasteiger partial charge in [0, 0.05) is 10.9 Å². The van der Waals surface area contributed by atoms with E-state index >= 15 is 0 Å². The molecule has 0 radical (unpaired) electrons. The van der Waals surface area contributed by atoms with Gasteiger partial charge in [-0.1, -0.05) is 36.4 Å². The van der Waals surface area contributed by atoms with E-state index in [1.807, 2.05) is 32.0 Å². The van der Waals surface area contributed by atoms with Crippen molar-refractivity contribution in [3.8, 4) is 5.75 Å². The number of hydrogen-bond acceptors (Lipinski definition) is 5. The van der Waals surface area contributed by atoms with E-state index in [9.17, 15) is 9.59 Å². The second-order valence-electron chi connectivity index (χ2n) is 6.13. The zero-order valence-electron chi connectivity index (χ0n) is 14.9. The van der Waals surface area contributed by atoms with Crippen LogP contribution in [0.5, 0.6) is 5.75 Å². The summed E-state index contributed by atoms with van der Waals surface area (Å²) in [5.41, 5.74) is 0.658. The molecule has 2 aromatic carbocycles. The smallest absolute Gasteiger partial charge is 0.359 e. The van der Waals surface area contributed by atoms with Crippen LogP contribution < -0.4 is 10.3 Å². The molecule has 0 bridgehead atoms. The van der Waals surface area contributed by atoms with E-state index in [0.29, 0.717) is 16.5 Å². The lowest BCUT2D eigenvalue weighted by atomic mass is 10.1. The Morgan fingerprint density at radius 1 is 1.08 bits per heavy atom. The summed E-state index contributed by atoms with van der Waals surface area (Å²) in [6.45, 7) is 3.74. The van der Waals surface area contributed by atoms with Crippen molar-refractivity contribution in [1.29, 1.82) is 0 Å². The summed E-state index contributed by atoms with van der Waals surface area (Å²) in [6, 6.07) is 14.1. The molecule has 1 heterocycles. The predicted molar refractivity (Wildman–Crippen MR) is 98.5 cm³/mol. The van der Waals surface area contributed by atoms with Crippen molar-refractivity contribution in [2.45, 2.75) is 26.5 Å². The highest BCUT2D eigenvalue weighted by molar-refractivity contribution is 6.02. The van der Waals surface area contributed by atoms with Gasteiger partial charge < -0.3 is 9.47 Å².